The van der Waals surface area contributed by atoms with E-state index in [0.29, 0.717) is 16.1 Å². The molecule has 3 nitrogen and oxygen atoms in total. The van der Waals surface area contributed by atoms with Crippen LogP contribution in [0.5, 0.6) is 0 Å². The second-order valence-electron chi connectivity index (χ2n) is 9.90. The third-order valence-corrected chi connectivity index (χ3v) is 9.82. The Hall–Kier alpha value is -4.21. The van der Waals surface area contributed by atoms with Crippen LogP contribution < -0.4 is 4.90 Å². The molecule has 0 amide bonds. The maximum atomic E-state index is 13.4. The number of allylic oxidation sites excluding steroid dienone is 1. The Bertz CT molecular complexity index is 1960. The van der Waals surface area contributed by atoms with E-state index in [-0.39, 0.29) is 31.6 Å². The summed E-state index contributed by atoms with van der Waals surface area (Å²) in [7, 11) is 0. The van der Waals surface area contributed by atoms with Crippen LogP contribution in [0.1, 0.15) is 30.7 Å². The number of hydrogen-bond acceptors (Lipinski definition) is 3. The SMILES string of the molecule is Cc1ccc(N(c2ccc(Cl)cc2)c2ccc(C=C3C(=O)c4cc5ccccc5cc4C3=O)[se]2)c2ccccc12. The maximum absolute atomic E-state index is 13.4. The second kappa shape index (κ2) is 9.76. The monoisotopic (exact) mass is 603 g/mol. The topological polar surface area (TPSA) is 37.4 Å². The van der Waals surface area contributed by atoms with Crippen LogP contribution in [0.2, 0.25) is 5.02 Å². The van der Waals surface area contributed by atoms with Crippen LogP contribution in [0.3, 0.4) is 0 Å². The number of aryl methyl sites for hydroxylation is 1. The fourth-order valence-corrected chi connectivity index (χ4v) is 7.62. The van der Waals surface area contributed by atoms with Gasteiger partial charge in [-0.15, -0.1) is 0 Å². The Kier molecular flexibility index (Phi) is 6.05. The number of fused-ring (bicyclic) bond motifs is 3. The molecule has 0 unspecified atom stereocenters. The first kappa shape index (κ1) is 24.8. The van der Waals surface area contributed by atoms with Gasteiger partial charge in [-0.2, -0.15) is 0 Å². The van der Waals surface area contributed by atoms with Gasteiger partial charge in [-0.05, 0) is 0 Å². The quantitative estimate of drug-likeness (QED) is 0.115. The molecule has 0 spiro atoms. The summed E-state index contributed by atoms with van der Waals surface area (Å²) in [5, 5.41) is 4.95. The van der Waals surface area contributed by atoms with Gasteiger partial charge in [-0.1, -0.05) is 0 Å². The number of hydrogen-bond donors (Lipinski definition) is 0. The van der Waals surface area contributed by atoms with Crippen LogP contribution in [0.25, 0.3) is 27.6 Å². The van der Waals surface area contributed by atoms with Crippen molar-refractivity contribution in [2.24, 2.45) is 0 Å². The number of anilines is 3. The molecule has 1 aliphatic carbocycles. The molecule has 0 saturated heterocycles. The van der Waals surface area contributed by atoms with E-state index >= 15 is 0 Å². The Morgan fingerprint density at radius 1 is 0.700 bits per heavy atom. The first-order chi connectivity index (χ1) is 19.5. The van der Waals surface area contributed by atoms with E-state index in [2.05, 4.69) is 54.3 Å². The molecule has 5 heteroatoms. The number of benzene rings is 5. The Labute approximate surface area is 242 Å². The molecule has 1 aromatic heterocycles. The van der Waals surface area contributed by atoms with Crippen LogP contribution >= 0.6 is 11.6 Å². The normalized spacial score (nSPS) is 12.8. The molecule has 0 N–H and O–H groups in total. The molecule has 0 radical (unpaired) electrons. The van der Waals surface area contributed by atoms with Crippen molar-refractivity contribution in [1.82, 2.24) is 0 Å². The van der Waals surface area contributed by atoms with Crippen LogP contribution in [0.15, 0.2) is 115 Å². The number of ketones is 2. The average molecular weight is 603 g/mol. The molecule has 1 heterocycles. The summed E-state index contributed by atoms with van der Waals surface area (Å²) < 4.78 is 2.09. The van der Waals surface area contributed by atoms with Gasteiger partial charge in [0.1, 0.15) is 0 Å². The third kappa shape index (κ3) is 4.13. The number of rotatable bonds is 4. The van der Waals surface area contributed by atoms with Crippen molar-refractivity contribution < 1.29 is 9.59 Å². The summed E-state index contributed by atoms with van der Waals surface area (Å²) in [6, 6.07) is 36.2. The minimum atomic E-state index is -0.199. The van der Waals surface area contributed by atoms with Crippen molar-refractivity contribution in [3.05, 3.63) is 141 Å². The van der Waals surface area contributed by atoms with Gasteiger partial charge in [0.25, 0.3) is 0 Å². The zero-order chi connectivity index (χ0) is 27.4. The summed E-state index contributed by atoms with van der Waals surface area (Å²) in [5.41, 5.74) is 4.51. The third-order valence-electron chi connectivity index (χ3n) is 7.43. The van der Waals surface area contributed by atoms with Gasteiger partial charge in [0.05, 0.1) is 0 Å². The summed E-state index contributed by atoms with van der Waals surface area (Å²) in [5.74, 6) is -0.398. The zero-order valence-electron chi connectivity index (χ0n) is 21.5. The zero-order valence-corrected chi connectivity index (χ0v) is 24.0. The molecule has 0 aliphatic heterocycles. The number of Topliss-reactive ketones (excluding diaryl/α,β-unsaturated/α-hetero) is 2. The van der Waals surface area contributed by atoms with Gasteiger partial charge in [0, 0.05) is 0 Å². The number of nitrogens with zero attached hydrogens (tertiary/aromatic N) is 1. The van der Waals surface area contributed by atoms with Crippen molar-refractivity contribution in [2.75, 3.05) is 4.90 Å². The average Bonchev–Trinajstić information content (AvgIpc) is 3.53. The van der Waals surface area contributed by atoms with Gasteiger partial charge in [0.2, 0.25) is 0 Å². The standard InChI is InChI=1S/C35H22ClNO2Se/c1-21-10-16-32(28-9-5-4-8-27(21)28)37(25-13-11-24(36)12-14-25)33-17-15-26(40-33)20-31-34(38)29-18-22-6-2-3-7-23(22)19-30(29)35(31)39/h2-20H,1H3. The molecule has 40 heavy (non-hydrogen) atoms. The predicted molar refractivity (Wildman–Crippen MR) is 166 cm³/mol. The Morgan fingerprint density at radius 3 is 2.00 bits per heavy atom. The summed E-state index contributed by atoms with van der Waals surface area (Å²) in [6.45, 7) is 2.12. The summed E-state index contributed by atoms with van der Waals surface area (Å²) >= 11 is 6.10. The molecular formula is C35H22ClNO2Se. The fraction of sp³-hybridized carbons (Fsp3) is 0.0286. The van der Waals surface area contributed by atoms with E-state index in [4.69, 9.17) is 11.6 Å². The summed E-state index contributed by atoms with van der Waals surface area (Å²) in [4.78, 5) is 29.0. The first-order valence-corrected chi connectivity index (χ1v) is 15.0. The van der Waals surface area contributed by atoms with Gasteiger partial charge < -0.3 is 0 Å². The summed E-state index contributed by atoms with van der Waals surface area (Å²) in [6.07, 6.45) is 1.80. The van der Waals surface area contributed by atoms with E-state index in [1.54, 1.807) is 6.08 Å². The van der Waals surface area contributed by atoms with Gasteiger partial charge >= 0.3 is 244 Å². The van der Waals surface area contributed by atoms with E-state index < -0.39 is 0 Å². The van der Waals surface area contributed by atoms with Crippen molar-refractivity contribution in [1.29, 1.82) is 0 Å². The van der Waals surface area contributed by atoms with E-state index in [1.165, 1.54) is 10.9 Å². The van der Waals surface area contributed by atoms with Gasteiger partial charge in [0.15, 0.2) is 0 Å². The predicted octanol–water partition coefficient (Wildman–Crippen LogP) is 8.94. The van der Waals surface area contributed by atoms with Crippen LogP contribution in [0.4, 0.5) is 15.9 Å². The van der Waals surface area contributed by atoms with Crippen molar-refractivity contribution >= 4 is 81.2 Å². The molecule has 1 aliphatic rings. The molecule has 0 saturated carbocycles. The van der Waals surface area contributed by atoms with Crippen LogP contribution in [-0.4, -0.2) is 26.1 Å². The molecule has 192 valence electrons. The molecular weight excluding hydrogens is 581 g/mol. The van der Waals surface area contributed by atoms with Crippen molar-refractivity contribution in [2.45, 2.75) is 6.92 Å². The van der Waals surface area contributed by atoms with E-state index in [0.717, 1.165) is 36.5 Å². The number of carbonyl (C=O) groups excluding carboxylic acids is 2. The first-order valence-electron chi connectivity index (χ1n) is 13.0. The van der Waals surface area contributed by atoms with E-state index in [1.807, 2.05) is 66.7 Å². The fourth-order valence-electron chi connectivity index (χ4n) is 5.43. The van der Waals surface area contributed by atoms with Gasteiger partial charge in [-0.3, -0.25) is 0 Å². The molecule has 5 aromatic carbocycles. The van der Waals surface area contributed by atoms with Gasteiger partial charge in [-0.25, -0.2) is 0 Å². The molecule has 0 bridgehead atoms. The molecule has 7 rings (SSSR count). The number of carbonyl (C=O) groups is 2. The Morgan fingerprint density at radius 2 is 1.32 bits per heavy atom. The second-order valence-corrected chi connectivity index (χ2v) is 12.6. The number of halogens is 1. The molecule has 6 aromatic rings. The van der Waals surface area contributed by atoms with Crippen molar-refractivity contribution in [3.8, 4) is 0 Å². The molecule has 0 atom stereocenters. The van der Waals surface area contributed by atoms with Crippen molar-refractivity contribution in [3.63, 3.8) is 0 Å². The van der Waals surface area contributed by atoms with Crippen LogP contribution in [-0.2, 0) is 0 Å². The molecule has 0 fully saturated rings. The van der Waals surface area contributed by atoms with E-state index in [9.17, 15) is 9.59 Å². The minimum absolute atomic E-state index is 0.140. The Balaban J connectivity index is 1.33. The van der Waals surface area contributed by atoms with Crippen LogP contribution in [0, 0.1) is 6.92 Å².